The van der Waals surface area contributed by atoms with E-state index >= 15 is 0 Å². The Morgan fingerprint density at radius 3 is 2.61 bits per heavy atom. The van der Waals surface area contributed by atoms with Crippen LogP contribution in [0.3, 0.4) is 0 Å². The standard InChI is InChI=1S/C14H29N3O/c1-3-4-9-15-14(18)16-10-7-12-17-11-6-5-8-13(17)2/h13H,3-12H2,1-2H3,(H2,15,16,18). The summed E-state index contributed by atoms with van der Waals surface area (Å²) in [5.41, 5.74) is 0. The molecule has 1 saturated heterocycles. The zero-order valence-corrected chi connectivity index (χ0v) is 12.0. The molecule has 0 aromatic rings. The molecule has 0 saturated carbocycles. The van der Waals surface area contributed by atoms with Gasteiger partial charge in [0.05, 0.1) is 0 Å². The van der Waals surface area contributed by atoms with Gasteiger partial charge in [-0.1, -0.05) is 19.8 Å². The number of nitrogens with one attached hydrogen (secondary N) is 2. The molecule has 2 amide bonds. The van der Waals surface area contributed by atoms with E-state index in [1.54, 1.807) is 0 Å². The van der Waals surface area contributed by atoms with Crippen LogP contribution in [0.2, 0.25) is 0 Å². The second kappa shape index (κ2) is 9.20. The summed E-state index contributed by atoms with van der Waals surface area (Å²) in [7, 11) is 0. The quantitative estimate of drug-likeness (QED) is 0.686. The van der Waals surface area contributed by atoms with Gasteiger partial charge in [0.25, 0.3) is 0 Å². The van der Waals surface area contributed by atoms with Crippen LogP contribution < -0.4 is 10.6 Å². The third-order valence-electron chi connectivity index (χ3n) is 3.66. The lowest BCUT2D eigenvalue weighted by atomic mass is 10.0. The monoisotopic (exact) mass is 255 g/mol. The van der Waals surface area contributed by atoms with Crippen LogP contribution in [0.1, 0.15) is 52.4 Å². The van der Waals surface area contributed by atoms with Crippen LogP contribution in [0.25, 0.3) is 0 Å². The maximum Gasteiger partial charge on any atom is 0.314 e. The van der Waals surface area contributed by atoms with Gasteiger partial charge < -0.3 is 15.5 Å². The normalized spacial score (nSPS) is 20.7. The molecule has 1 fully saturated rings. The van der Waals surface area contributed by atoms with Crippen molar-refractivity contribution in [1.82, 2.24) is 15.5 Å². The van der Waals surface area contributed by atoms with Crippen molar-refractivity contribution < 1.29 is 4.79 Å². The largest absolute Gasteiger partial charge is 0.338 e. The van der Waals surface area contributed by atoms with Gasteiger partial charge in [-0.3, -0.25) is 0 Å². The second-order valence-corrected chi connectivity index (χ2v) is 5.27. The number of hydrogen-bond donors (Lipinski definition) is 2. The summed E-state index contributed by atoms with van der Waals surface area (Å²) < 4.78 is 0. The van der Waals surface area contributed by atoms with Gasteiger partial charge in [0.15, 0.2) is 0 Å². The lowest BCUT2D eigenvalue weighted by molar-refractivity contribution is 0.159. The molecule has 18 heavy (non-hydrogen) atoms. The maximum atomic E-state index is 11.4. The van der Waals surface area contributed by atoms with Crippen molar-refractivity contribution >= 4 is 6.03 Å². The number of nitrogens with zero attached hydrogens (tertiary/aromatic N) is 1. The van der Waals surface area contributed by atoms with Gasteiger partial charge >= 0.3 is 6.03 Å². The van der Waals surface area contributed by atoms with Crippen LogP contribution in [0.5, 0.6) is 0 Å². The molecule has 0 aromatic carbocycles. The van der Waals surface area contributed by atoms with E-state index in [-0.39, 0.29) is 6.03 Å². The predicted molar refractivity (Wildman–Crippen MR) is 75.8 cm³/mol. The smallest absolute Gasteiger partial charge is 0.314 e. The highest BCUT2D eigenvalue weighted by atomic mass is 16.2. The first-order valence-corrected chi connectivity index (χ1v) is 7.49. The predicted octanol–water partition coefficient (Wildman–Crippen LogP) is 2.35. The Hall–Kier alpha value is -0.770. The highest BCUT2D eigenvalue weighted by Crippen LogP contribution is 2.15. The van der Waals surface area contributed by atoms with E-state index in [0.717, 1.165) is 44.9 Å². The summed E-state index contributed by atoms with van der Waals surface area (Å²) in [6.07, 6.45) is 7.24. The molecule has 4 nitrogen and oxygen atoms in total. The minimum Gasteiger partial charge on any atom is -0.338 e. The molecule has 106 valence electrons. The van der Waals surface area contributed by atoms with Crippen molar-refractivity contribution in [3.63, 3.8) is 0 Å². The molecule has 0 radical (unpaired) electrons. The number of urea groups is 1. The molecule has 1 aliphatic rings. The number of piperidine rings is 1. The van der Waals surface area contributed by atoms with E-state index < -0.39 is 0 Å². The summed E-state index contributed by atoms with van der Waals surface area (Å²) in [5, 5.41) is 5.79. The van der Waals surface area contributed by atoms with Crippen molar-refractivity contribution in [3.8, 4) is 0 Å². The number of unbranched alkanes of at least 4 members (excludes halogenated alkanes) is 1. The van der Waals surface area contributed by atoms with Crippen LogP contribution in [-0.2, 0) is 0 Å². The molecule has 1 heterocycles. The lowest BCUT2D eigenvalue weighted by Gasteiger charge is -2.33. The Labute approximate surface area is 111 Å². The molecule has 1 rings (SSSR count). The van der Waals surface area contributed by atoms with E-state index in [2.05, 4.69) is 29.4 Å². The molecule has 1 aliphatic heterocycles. The third kappa shape index (κ3) is 6.24. The van der Waals surface area contributed by atoms with E-state index in [0.29, 0.717) is 0 Å². The molecule has 2 N–H and O–H groups in total. The number of carbonyl (C=O) groups is 1. The number of amides is 2. The Bertz CT molecular complexity index is 233. The minimum atomic E-state index is -0.0184. The average Bonchev–Trinajstić information content (AvgIpc) is 2.37. The molecule has 1 unspecified atom stereocenters. The maximum absolute atomic E-state index is 11.4. The number of hydrogen-bond acceptors (Lipinski definition) is 2. The SMILES string of the molecule is CCCCNC(=O)NCCCN1CCCCC1C. The van der Waals surface area contributed by atoms with E-state index in [1.165, 1.54) is 25.8 Å². The Morgan fingerprint density at radius 2 is 1.94 bits per heavy atom. The second-order valence-electron chi connectivity index (χ2n) is 5.27. The van der Waals surface area contributed by atoms with Crippen molar-refractivity contribution in [1.29, 1.82) is 0 Å². The van der Waals surface area contributed by atoms with Gasteiger partial charge in [-0.05, 0) is 39.2 Å². The van der Waals surface area contributed by atoms with Crippen LogP contribution in [-0.4, -0.2) is 43.2 Å². The Kier molecular flexibility index (Phi) is 7.81. The topological polar surface area (TPSA) is 44.4 Å². The summed E-state index contributed by atoms with van der Waals surface area (Å²) in [6, 6.07) is 0.701. The van der Waals surface area contributed by atoms with E-state index in [1.807, 2.05) is 0 Å². The summed E-state index contributed by atoms with van der Waals surface area (Å²) in [5.74, 6) is 0. The molecular weight excluding hydrogens is 226 g/mol. The van der Waals surface area contributed by atoms with Crippen molar-refractivity contribution in [3.05, 3.63) is 0 Å². The molecule has 1 atom stereocenters. The van der Waals surface area contributed by atoms with Crippen molar-refractivity contribution in [2.75, 3.05) is 26.2 Å². The zero-order valence-electron chi connectivity index (χ0n) is 12.0. The molecule has 0 aromatic heterocycles. The number of rotatable bonds is 7. The highest BCUT2D eigenvalue weighted by Gasteiger charge is 2.17. The first-order chi connectivity index (χ1) is 8.74. The number of carbonyl (C=O) groups excluding carboxylic acids is 1. The van der Waals surface area contributed by atoms with Gasteiger partial charge in [-0.15, -0.1) is 0 Å². The fourth-order valence-electron chi connectivity index (χ4n) is 2.42. The average molecular weight is 255 g/mol. The first-order valence-electron chi connectivity index (χ1n) is 7.49. The Balaban J connectivity index is 1.98. The summed E-state index contributed by atoms with van der Waals surface area (Å²) >= 11 is 0. The van der Waals surface area contributed by atoms with Gasteiger partial charge in [0, 0.05) is 25.7 Å². The van der Waals surface area contributed by atoms with Gasteiger partial charge in [-0.25, -0.2) is 4.79 Å². The van der Waals surface area contributed by atoms with Gasteiger partial charge in [0.2, 0.25) is 0 Å². The fraction of sp³-hybridized carbons (Fsp3) is 0.929. The fourth-order valence-corrected chi connectivity index (χ4v) is 2.42. The molecule has 0 spiro atoms. The Morgan fingerprint density at radius 1 is 1.22 bits per heavy atom. The summed E-state index contributed by atoms with van der Waals surface area (Å²) in [4.78, 5) is 13.9. The molecule has 4 heteroatoms. The van der Waals surface area contributed by atoms with Crippen molar-refractivity contribution in [2.45, 2.75) is 58.4 Å². The molecule has 0 bridgehead atoms. The minimum absolute atomic E-state index is 0.0184. The van der Waals surface area contributed by atoms with Crippen LogP contribution in [0.4, 0.5) is 4.79 Å². The van der Waals surface area contributed by atoms with E-state index in [4.69, 9.17) is 0 Å². The lowest BCUT2D eigenvalue weighted by Crippen LogP contribution is -2.40. The van der Waals surface area contributed by atoms with Gasteiger partial charge in [-0.2, -0.15) is 0 Å². The van der Waals surface area contributed by atoms with Gasteiger partial charge in [0.1, 0.15) is 0 Å². The van der Waals surface area contributed by atoms with Crippen molar-refractivity contribution in [2.24, 2.45) is 0 Å². The summed E-state index contributed by atoms with van der Waals surface area (Å²) in [6.45, 7) is 8.33. The van der Waals surface area contributed by atoms with Crippen LogP contribution in [0, 0.1) is 0 Å². The van der Waals surface area contributed by atoms with E-state index in [9.17, 15) is 4.79 Å². The molecule has 0 aliphatic carbocycles. The molecular formula is C14H29N3O. The van der Waals surface area contributed by atoms with Crippen LogP contribution >= 0.6 is 0 Å². The zero-order chi connectivity index (χ0) is 13.2. The van der Waals surface area contributed by atoms with Crippen LogP contribution in [0.15, 0.2) is 0 Å². The highest BCUT2D eigenvalue weighted by molar-refractivity contribution is 5.73. The third-order valence-corrected chi connectivity index (χ3v) is 3.66. The number of likely N-dealkylation sites (tertiary alicyclic amines) is 1. The first kappa shape index (κ1) is 15.3.